The first-order valence-corrected chi connectivity index (χ1v) is 3.07. The first kappa shape index (κ1) is 7.65. The van der Waals surface area contributed by atoms with E-state index >= 15 is 0 Å². The summed E-state index contributed by atoms with van der Waals surface area (Å²) in [5.41, 5.74) is 0.694. The third-order valence-electron chi connectivity index (χ3n) is 1.26. The number of carbonyl (C=O) groups is 1. The quantitative estimate of drug-likeness (QED) is 0.589. The predicted octanol–water partition coefficient (Wildman–Crippen LogP) is 0.816. The summed E-state index contributed by atoms with van der Waals surface area (Å²) in [5, 5.41) is 17.5. The van der Waals surface area contributed by atoms with Crippen LogP contribution in [0.25, 0.3) is 0 Å². The van der Waals surface area contributed by atoms with Crippen molar-refractivity contribution in [1.82, 2.24) is 0 Å². The van der Waals surface area contributed by atoms with Crippen LogP contribution < -0.4 is 0 Å². The van der Waals surface area contributed by atoms with Crippen molar-refractivity contribution in [3.05, 3.63) is 23.7 Å². The molecule has 1 unspecified atom stereocenters. The number of aliphatic carboxylic acids is 1. The minimum atomic E-state index is -1.24. The Bertz CT molecular complexity index is 239. The Morgan fingerprint density at radius 1 is 1.73 bits per heavy atom. The van der Waals surface area contributed by atoms with Crippen LogP contribution in [0.5, 0.6) is 0 Å². The van der Waals surface area contributed by atoms with Gasteiger partial charge in [-0.15, -0.1) is 0 Å². The molecule has 11 heavy (non-hydrogen) atoms. The highest BCUT2D eigenvalue weighted by Crippen LogP contribution is 2.14. The van der Waals surface area contributed by atoms with Crippen LogP contribution in [0.15, 0.2) is 23.7 Å². The number of aliphatic hydroxyl groups excluding tert-OH is 1. The van der Waals surface area contributed by atoms with Crippen LogP contribution in [-0.4, -0.2) is 22.3 Å². The molecular weight excluding hydrogens is 148 g/mol. The highest BCUT2D eigenvalue weighted by Gasteiger charge is 2.24. The number of ether oxygens (including phenoxy) is 1. The van der Waals surface area contributed by atoms with Crippen LogP contribution in [0.1, 0.15) is 6.92 Å². The molecule has 2 N–H and O–H groups in total. The topological polar surface area (TPSA) is 66.8 Å². The van der Waals surface area contributed by atoms with Gasteiger partial charge >= 0.3 is 5.97 Å². The number of allylic oxidation sites excluding steroid dienone is 2. The molecule has 0 bridgehead atoms. The van der Waals surface area contributed by atoms with Crippen molar-refractivity contribution >= 4 is 5.97 Å². The molecule has 0 aliphatic carbocycles. The van der Waals surface area contributed by atoms with Crippen LogP contribution in [0, 0.1) is 0 Å². The summed E-state index contributed by atoms with van der Waals surface area (Å²) in [6.07, 6.45) is 1.43. The lowest BCUT2D eigenvalue weighted by atomic mass is 10.2. The number of rotatable bonds is 1. The summed E-state index contributed by atoms with van der Waals surface area (Å²) in [7, 11) is 0. The monoisotopic (exact) mass is 156 g/mol. The Kier molecular flexibility index (Phi) is 1.85. The zero-order valence-electron chi connectivity index (χ0n) is 5.94. The first-order chi connectivity index (χ1) is 5.11. The minimum Gasteiger partial charge on any atom is -0.508 e. The maximum Gasteiger partial charge on any atom is 0.352 e. The van der Waals surface area contributed by atoms with E-state index < -0.39 is 12.1 Å². The molecule has 0 aromatic heterocycles. The zero-order chi connectivity index (χ0) is 8.43. The molecule has 4 heteroatoms. The van der Waals surface area contributed by atoms with Crippen molar-refractivity contribution in [2.24, 2.45) is 0 Å². The van der Waals surface area contributed by atoms with Gasteiger partial charge in [-0.3, -0.25) is 0 Å². The Balaban J connectivity index is 2.80. The molecule has 0 fully saturated rings. The van der Waals surface area contributed by atoms with Crippen molar-refractivity contribution in [3.63, 3.8) is 0 Å². The van der Waals surface area contributed by atoms with Crippen molar-refractivity contribution < 1.29 is 19.7 Å². The molecule has 1 atom stereocenters. The fraction of sp³-hybridized carbons (Fsp3) is 0.286. The standard InChI is InChI=1S/C7H8O4/c1-4-2-5(8)6(7(9)10)11-3-4/h2-3,6,8H,1H3,(H,9,10). The second-order valence-corrected chi connectivity index (χ2v) is 2.29. The van der Waals surface area contributed by atoms with Gasteiger partial charge in [-0.1, -0.05) is 0 Å². The molecule has 1 heterocycles. The Morgan fingerprint density at radius 3 is 2.82 bits per heavy atom. The maximum absolute atomic E-state index is 10.3. The van der Waals surface area contributed by atoms with Gasteiger partial charge in [-0.2, -0.15) is 0 Å². The smallest absolute Gasteiger partial charge is 0.352 e. The van der Waals surface area contributed by atoms with Crippen molar-refractivity contribution in [2.45, 2.75) is 13.0 Å². The molecule has 1 rings (SSSR count). The molecule has 0 radical (unpaired) electrons. The van der Waals surface area contributed by atoms with Gasteiger partial charge in [-0.05, 0) is 18.6 Å². The van der Waals surface area contributed by atoms with Crippen LogP contribution >= 0.6 is 0 Å². The Labute approximate surface area is 63.4 Å². The van der Waals surface area contributed by atoms with Crippen molar-refractivity contribution in [1.29, 1.82) is 0 Å². The van der Waals surface area contributed by atoms with Gasteiger partial charge in [0.2, 0.25) is 0 Å². The number of hydrogen-bond donors (Lipinski definition) is 2. The first-order valence-electron chi connectivity index (χ1n) is 3.07. The molecule has 1 aliphatic heterocycles. The Hall–Kier alpha value is -1.45. The number of aliphatic hydroxyl groups is 1. The normalized spacial score (nSPS) is 23.2. The van der Waals surface area contributed by atoms with Gasteiger partial charge < -0.3 is 14.9 Å². The molecule has 0 saturated heterocycles. The van der Waals surface area contributed by atoms with E-state index in [0.29, 0.717) is 5.57 Å². The molecule has 0 amide bonds. The summed E-state index contributed by atoms with van der Waals surface area (Å²) in [6, 6.07) is 0. The molecule has 60 valence electrons. The van der Waals surface area contributed by atoms with E-state index in [1.54, 1.807) is 6.92 Å². The van der Waals surface area contributed by atoms with E-state index in [1.165, 1.54) is 12.3 Å². The largest absolute Gasteiger partial charge is 0.508 e. The van der Waals surface area contributed by atoms with Crippen LogP contribution in [-0.2, 0) is 9.53 Å². The molecular formula is C7H8O4. The van der Waals surface area contributed by atoms with E-state index in [4.69, 9.17) is 10.2 Å². The van der Waals surface area contributed by atoms with Crippen molar-refractivity contribution in [2.75, 3.05) is 0 Å². The van der Waals surface area contributed by atoms with Gasteiger partial charge in [-0.25, -0.2) is 4.79 Å². The maximum atomic E-state index is 10.3. The van der Waals surface area contributed by atoms with Crippen LogP contribution in [0.2, 0.25) is 0 Å². The second-order valence-electron chi connectivity index (χ2n) is 2.29. The minimum absolute atomic E-state index is 0.266. The molecule has 0 spiro atoms. The lowest BCUT2D eigenvalue weighted by Gasteiger charge is -2.15. The van der Waals surface area contributed by atoms with Gasteiger partial charge in [0.1, 0.15) is 5.76 Å². The average molecular weight is 156 g/mol. The van der Waals surface area contributed by atoms with Gasteiger partial charge in [0, 0.05) is 0 Å². The van der Waals surface area contributed by atoms with E-state index in [2.05, 4.69) is 4.74 Å². The highest BCUT2D eigenvalue weighted by molar-refractivity contribution is 5.76. The van der Waals surface area contributed by atoms with E-state index in [9.17, 15) is 4.79 Å². The third-order valence-corrected chi connectivity index (χ3v) is 1.26. The highest BCUT2D eigenvalue weighted by atomic mass is 16.5. The SMILES string of the molecule is CC1=COC(C(=O)O)C(O)=C1. The zero-order valence-corrected chi connectivity index (χ0v) is 5.94. The molecule has 0 aromatic carbocycles. The molecule has 1 aliphatic rings. The van der Waals surface area contributed by atoms with Gasteiger partial charge in [0.15, 0.2) is 0 Å². The molecule has 0 aromatic rings. The average Bonchev–Trinajstić information content (AvgIpc) is 1.85. The summed E-state index contributed by atoms with van der Waals surface area (Å²) in [6.45, 7) is 1.70. The van der Waals surface area contributed by atoms with Crippen LogP contribution in [0.3, 0.4) is 0 Å². The molecule has 0 saturated carbocycles. The van der Waals surface area contributed by atoms with Gasteiger partial charge in [0.05, 0.1) is 6.26 Å². The number of hydrogen-bond acceptors (Lipinski definition) is 3. The van der Waals surface area contributed by atoms with E-state index in [0.717, 1.165) is 0 Å². The number of carboxylic acids is 1. The van der Waals surface area contributed by atoms with E-state index in [1.807, 2.05) is 0 Å². The summed E-state index contributed by atoms with van der Waals surface area (Å²) in [4.78, 5) is 10.3. The fourth-order valence-electron chi connectivity index (χ4n) is 0.773. The predicted molar refractivity (Wildman–Crippen MR) is 37.0 cm³/mol. The van der Waals surface area contributed by atoms with E-state index in [-0.39, 0.29) is 5.76 Å². The number of carboxylic acid groups (broad SMARTS) is 1. The van der Waals surface area contributed by atoms with Crippen molar-refractivity contribution in [3.8, 4) is 0 Å². The van der Waals surface area contributed by atoms with Crippen LogP contribution in [0.4, 0.5) is 0 Å². The Morgan fingerprint density at radius 2 is 2.36 bits per heavy atom. The lowest BCUT2D eigenvalue weighted by Crippen LogP contribution is -2.26. The summed E-state index contributed by atoms with van der Waals surface area (Å²) >= 11 is 0. The lowest BCUT2D eigenvalue weighted by molar-refractivity contribution is -0.146. The summed E-state index contributed by atoms with van der Waals surface area (Å²) in [5.74, 6) is -1.46. The molecule has 4 nitrogen and oxygen atoms in total. The second kappa shape index (κ2) is 2.65. The summed E-state index contributed by atoms with van der Waals surface area (Å²) < 4.78 is 4.68. The fourth-order valence-corrected chi connectivity index (χ4v) is 0.773. The third kappa shape index (κ3) is 1.52. The van der Waals surface area contributed by atoms with Gasteiger partial charge in [0.25, 0.3) is 6.10 Å².